The Bertz CT molecular complexity index is 857. The number of hydrogen-bond acceptors (Lipinski definition) is 5. The monoisotopic (exact) mass is 571 g/mol. The van der Waals surface area contributed by atoms with Crippen LogP contribution in [0.3, 0.4) is 0 Å². The molecule has 0 saturated carbocycles. The maximum Gasteiger partial charge on any atom is 0.469 e. The second-order valence-electron chi connectivity index (χ2n) is 10.5. The number of unbranched alkanes of at least 4 members (excludes halogenated alkanes) is 15. The maximum atomic E-state index is 14.0. The minimum Gasteiger partial charge on any atom is -0.379 e. The minimum absolute atomic E-state index is 0.0382. The maximum absolute atomic E-state index is 14.0. The smallest absolute Gasteiger partial charge is 0.379 e. The van der Waals surface area contributed by atoms with E-state index in [0.717, 1.165) is 12.8 Å². The zero-order chi connectivity index (χ0) is 28.8. The zero-order valence-electron chi connectivity index (χ0n) is 24.2. The predicted octanol–water partition coefficient (Wildman–Crippen LogP) is 8.28. The van der Waals surface area contributed by atoms with E-state index in [1.165, 1.54) is 109 Å². The van der Waals surface area contributed by atoms with Gasteiger partial charge in [-0.05, 0) is 31.0 Å². The van der Waals surface area contributed by atoms with Gasteiger partial charge in [0.2, 0.25) is 0 Å². The molecule has 9 heteroatoms. The Morgan fingerprint density at radius 1 is 0.872 bits per heavy atom. The molecule has 0 radical (unpaired) electrons. The molecule has 0 aliphatic rings. The lowest BCUT2D eigenvalue weighted by atomic mass is 10.0. The predicted molar refractivity (Wildman–Crippen MR) is 153 cm³/mol. The minimum atomic E-state index is -4.66. The van der Waals surface area contributed by atoms with Crippen LogP contribution >= 0.6 is 7.82 Å². The Kier molecular flexibility index (Phi) is 20.5. The first-order valence-corrected chi connectivity index (χ1v) is 16.4. The van der Waals surface area contributed by atoms with Crippen molar-refractivity contribution in [3.63, 3.8) is 0 Å². The molecule has 0 spiro atoms. The first-order valence-electron chi connectivity index (χ1n) is 14.8. The topological polar surface area (TPSA) is 109 Å². The Balaban J connectivity index is 2.13. The summed E-state index contributed by atoms with van der Waals surface area (Å²) < 4.78 is 41.1. The van der Waals surface area contributed by atoms with Gasteiger partial charge in [-0.15, -0.1) is 0 Å². The number of benzene rings is 1. The van der Waals surface area contributed by atoms with E-state index in [1.54, 1.807) is 0 Å². The highest BCUT2D eigenvalue weighted by molar-refractivity contribution is 7.46. The van der Waals surface area contributed by atoms with Crippen LogP contribution in [0, 0.1) is 24.1 Å². The fraction of sp³-hybridized carbons (Fsp3) is 0.767. The molecular formula is C30H51FNO6P. The molecule has 39 heavy (non-hydrogen) atoms. The Hall–Kier alpha value is -1.33. The molecular weight excluding hydrogens is 520 g/mol. The summed E-state index contributed by atoms with van der Waals surface area (Å²) in [5, 5.41) is 9.16. The van der Waals surface area contributed by atoms with Gasteiger partial charge in [0.05, 0.1) is 31.5 Å². The molecule has 1 aromatic rings. The van der Waals surface area contributed by atoms with Crippen LogP contribution in [0.2, 0.25) is 0 Å². The van der Waals surface area contributed by atoms with E-state index in [9.17, 15) is 8.96 Å². The number of phosphoric ester groups is 1. The first-order chi connectivity index (χ1) is 18.8. The van der Waals surface area contributed by atoms with Gasteiger partial charge in [-0.25, -0.2) is 8.96 Å². The standard InChI is InChI=1S/C30H51FNO6P/c1-3-4-5-6-7-8-9-10-11-12-13-14-15-16-17-18-19-36-24-29(25-38-39(33,34)35)37-23-27-20-28(22-32)26(2)30(31)21-27/h20-21,29H,3-19,23-25H2,1-2H3,(H2,33,34,35)/t29-/m1/s1. The molecule has 1 atom stereocenters. The van der Waals surface area contributed by atoms with Crippen molar-refractivity contribution in [2.75, 3.05) is 19.8 Å². The highest BCUT2D eigenvalue weighted by Gasteiger charge is 2.19. The number of nitriles is 1. The van der Waals surface area contributed by atoms with E-state index >= 15 is 0 Å². The van der Waals surface area contributed by atoms with Crippen LogP contribution in [0.1, 0.15) is 126 Å². The van der Waals surface area contributed by atoms with E-state index < -0.39 is 19.7 Å². The third-order valence-corrected chi connectivity index (χ3v) is 7.37. The molecule has 0 unspecified atom stereocenters. The van der Waals surface area contributed by atoms with Gasteiger partial charge in [-0.3, -0.25) is 4.52 Å². The largest absolute Gasteiger partial charge is 0.469 e. The Labute approximate surface area is 235 Å². The summed E-state index contributed by atoms with van der Waals surface area (Å²) in [6.45, 7) is 4.01. The number of ether oxygens (including phenoxy) is 2. The highest BCUT2D eigenvalue weighted by atomic mass is 31.2. The average Bonchev–Trinajstić information content (AvgIpc) is 2.90. The van der Waals surface area contributed by atoms with Crippen LogP contribution in [0.5, 0.6) is 0 Å². The zero-order valence-corrected chi connectivity index (χ0v) is 25.1. The van der Waals surface area contributed by atoms with Crippen LogP contribution < -0.4 is 0 Å². The quantitative estimate of drug-likeness (QED) is 0.0898. The third-order valence-electron chi connectivity index (χ3n) is 6.88. The number of hydrogen-bond donors (Lipinski definition) is 2. The molecule has 0 saturated heterocycles. The lowest BCUT2D eigenvalue weighted by molar-refractivity contribution is -0.0493. The molecule has 0 aliphatic heterocycles. The van der Waals surface area contributed by atoms with Crippen molar-refractivity contribution in [3.8, 4) is 6.07 Å². The van der Waals surface area contributed by atoms with Gasteiger partial charge in [0.1, 0.15) is 11.9 Å². The fourth-order valence-corrected chi connectivity index (χ4v) is 4.80. The van der Waals surface area contributed by atoms with Crippen LogP contribution in [0.25, 0.3) is 0 Å². The molecule has 7 nitrogen and oxygen atoms in total. The lowest BCUT2D eigenvalue weighted by Gasteiger charge is -2.19. The summed E-state index contributed by atoms with van der Waals surface area (Å²) in [5.74, 6) is -0.504. The van der Waals surface area contributed by atoms with Gasteiger partial charge < -0.3 is 19.3 Å². The van der Waals surface area contributed by atoms with Crippen molar-refractivity contribution in [1.29, 1.82) is 5.26 Å². The van der Waals surface area contributed by atoms with Gasteiger partial charge in [-0.1, -0.05) is 103 Å². The average molecular weight is 572 g/mol. The van der Waals surface area contributed by atoms with Crippen LogP contribution in [0.4, 0.5) is 4.39 Å². The molecule has 0 amide bonds. The van der Waals surface area contributed by atoms with Crippen molar-refractivity contribution >= 4 is 7.82 Å². The number of phosphoric acid groups is 1. The highest BCUT2D eigenvalue weighted by Crippen LogP contribution is 2.36. The fourth-order valence-electron chi connectivity index (χ4n) is 4.44. The summed E-state index contributed by atoms with van der Waals surface area (Å²) >= 11 is 0. The number of rotatable bonds is 25. The van der Waals surface area contributed by atoms with Crippen LogP contribution in [-0.4, -0.2) is 35.7 Å². The number of halogens is 1. The molecule has 0 heterocycles. The van der Waals surface area contributed by atoms with Crippen LogP contribution in [0.15, 0.2) is 12.1 Å². The molecule has 224 valence electrons. The molecule has 1 rings (SSSR count). The second-order valence-corrected chi connectivity index (χ2v) is 11.7. The van der Waals surface area contributed by atoms with E-state index in [0.29, 0.717) is 12.2 Å². The number of nitrogens with zero attached hydrogens (tertiary/aromatic N) is 1. The van der Waals surface area contributed by atoms with Gasteiger partial charge in [0, 0.05) is 12.2 Å². The van der Waals surface area contributed by atoms with Crippen LogP contribution in [-0.2, 0) is 25.2 Å². The molecule has 2 N–H and O–H groups in total. The normalized spacial score (nSPS) is 12.5. The lowest BCUT2D eigenvalue weighted by Crippen LogP contribution is -2.25. The molecule has 0 aromatic heterocycles. The second kappa shape index (κ2) is 22.4. The molecule has 0 aliphatic carbocycles. The van der Waals surface area contributed by atoms with Crippen molar-refractivity contribution < 1.29 is 32.7 Å². The Morgan fingerprint density at radius 3 is 1.87 bits per heavy atom. The van der Waals surface area contributed by atoms with Gasteiger partial charge in [0.25, 0.3) is 0 Å². The molecule has 0 fully saturated rings. The summed E-state index contributed by atoms with van der Waals surface area (Å²) in [5.41, 5.74) is 0.940. The van der Waals surface area contributed by atoms with E-state index in [1.807, 2.05) is 6.07 Å². The third kappa shape index (κ3) is 19.4. The molecule has 1 aromatic carbocycles. The van der Waals surface area contributed by atoms with Crippen molar-refractivity contribution in [2.45, 2.75) is 129 Å². The Morgan fingerprint density at radius 2 is 1.38 bits per heavy atom. The van der Waals surface area contributed by atoms with E-state index in [4.69, 9.17) is 24.5 Å². The first kappa shape index (κ1) is 35.7. The van der Waals surface area contributed by atoms with Crippen molar-refractivity contribution in [1.82, 2.24) is 0 Å². The molecule has 0 bridgehead atoms. The summed E-state index contributed by atoms with van der Waals surface area (Å²) in [7, 11) is -4.66. The summed E-state index contributed by atoms with van der Waals surface area (Å²) in [4.78, 5) is 18.0. The van der Waals surface area contributed by atoms with Gasteiger partial charge in [-0.2, -0.15) is 5.26 Å². The van der Waals surface area contributed by atoms with Gasteiger partial charge in [0.15, 0.2) is 0 Å². The SMILES string of the molecule is CCCCCCCCCCCCCCCCCCOC[C@H](COP(=O)(O)O)OCc1cc(F)c(C)c(C#N)c1. The summed E-state index contributed by atoms with van der Waals surface area (Å²) in [6.07, 6.45) is 20.0. The van der Waals surface area contributed by atoms with Gasteiger partial charge >= 0.3 is 7.82 Å². The van der Waals surface area contributed by atoms with E-state index in [-0.39, 0.29) is 30.9 Å². The van der Waals surface area contributed by atoms with Crippen molar-refractivity contribution in [2.24, 2.45) is 0 Å². The summed E-state index contributed by atoms with van der Waals surface area (Å²) in [6, 6.07) is 4.77. The van der Waals surface area contributed by atoms with Crippen molar-refractivity contribution in [3.05, 3.63) is 34.6 Å². The van der Waals surface area contributed by atoms with E-state index in [2.05, 4.69) is 11.4 Å².